The highest BCUT2D eigenvalue weighted by Gasteiger charge is 2.40. The molecule has 10 heteroatoms. The van der Waals surface area contributed by atoms with Crippen LogP contribution < -0.4 is 4.74 Å². The number of piperazine rings is 1. The van der Waals surface area contributed by atoms with Crippen LogP contribution in [0.4, 0.5) is 17.6 Å². The predicted octanol–water partition coefficient (Wildman–Crippen LogP) is 3.49. The fourth-order valence-corrected chi connectivity index (χ4v) is 4.50. The third-order valence-electron chi connectivity index (χ3n) is 6.33. The largest absolute Gasteiger partial charge is 0.472 e. The summed E-state index contributed by atoms with van der Waals surface area (Å²) >= 11 is 0. The fraction of sp³-hybridized carbons (Fsp3) is 0.500. The van der Waals surface area contributed by atoms with E-state index in [0.29, 0.717) is 50.5 Å². The Labute approximate surface area is 182 Å². The molecular weight excluding hydrogens is 428 g/mol. The van der Waals surface area contributed by atoms with Gasteiger partial charge in [-0.15, -0.1) is 0 Å². The van der Waals surface area contributed by atoms with E-state index in [4.69, 9.17) is 4.74 Å². The highest BCUT2D eigenvalue weighted by atomic mass is 19.4. The Balaban J connectivity index is 1.23. The predicted molar refractivity (Wildman–Crippen MR) is 106 cm³/mol. The molecule has 3 aliphatic rings. The SMILES string of the molecule is O=C(c1cccc(C(F)(F)F)c1F)N1CCN2C[C@H](Oc3cnc(C4CC4)cn3)C[C@H]2C1. The van der Waals surface area contributed by atoms with Crippen LogP contribution in [0.2, 0.25) is 0 Å². The molecule has 3 heterocycles. The molecule has 2 aliphatic heterocycles. The van der Waals surface area contributed by atoms with E-state index in [9.17, 15) is 22.4 Å². The lowest BCUT2D eigenvalue weighted by Gasteiger charge is -2.37. The van der Waals surface area contributed by atoms with Crippen LogP contribution in [0.15, 0.2) is 30.6 Å². The smallest absolute Gasteiger partial charge is 0.419 e. The van der Waals surface area contributed by atoms with Gasteiger partial charge in [0, 0.05) is 44.6 Å². The lowest BCUT2D eigenvalue weighted by molar-refractivity contribution is -0.140. The minimum Gasteiger partial charge on any atom is -0.472 e. The molecule has 5 rings (SSSR count). The van der Waals surface area contributed by atoms with E-state index in [0.717, 1.165) is 30.7 Å². The van der Waals surface area contributed by atoms with E-state index >= 15 is 0 Å². The van der Waals surface area contributed by atoms with Crippen molar-refractivity contribution in [3.63, 3.8) is 0 Å². The number of alkyl halides is 3. The summed E-state index contributed by atoms with van der Waals surface area (Å²) in [4.78, 5) is 25.2. The van der Waals surface area contributed by atoms with Gasteiger partial charge in [0.15, 0.2) is 0 Å². The third-order valence-corrected chi connectivity index (χ3v) is 6.33. The number of aromatic nitrogens is 2. The summed E-state index contributed by atoms with van der Waals surface area (Å²) < 4.78 is 59.4. The molecule has 1 amide bonds. The van der Waals surface area contributed by atoms with Crippen molar-refractivity contribution < 1.29 is 27.1 Å². The Morgan fingerprint density at radius 2 is 1.91 bits per heavy atom. The monoisotopic (exact) mass is 450 g/mol. The van der Waals surface area contributed by atoms with Gasteiger partial charge in [-0.05, 0) is 25.0 Å². The number of rotatable bonds is 4. The lowest BCUT2D eigenvalue weighted by atomic mass is 10.1. The summed E-state index contributed by atoms with van der Waals surface area (Å²) in [6.07, 6.45) is 1.34. The zero-order valence-electron chi connectivity index (χ0n) is 17.2. The first kappa shape index (κ1) is 21.1. The van der Waals surface area contributed by atoms with Crippen molar-refractivity contribution in [3.05, 3.63) is 53.2 Å². The minimum absolute atomic E-state index is 0.00902. The molecule has 1 saturated carbocycles. The Morgan fingerprint density at radius 1 is 1.09 bits per heavy atom. The Hall–Kier alpha value is -2.75. The van der Waals surface area contributed by atoms with Crippen molar-refractivity contribution >= 4 is 5.91 Å². The second-order valence-corrected chi connectivity index (χ2v) is 8.59. The first-order chi connectivity index (χ1) is 15.3. The van der Waals surface area contributed by atoms with Crippen LogP contribution in [0, 0.1) is 5.82 Å². The molecule has 6 nitrogen and oxygen atoms in total. The van der Waals surface area contributed by atoms with Gasteiger partial charge in [0.1, 0.15) is 11.9 Å². The van der Waals surface area contributed by atoms with Crippen molar-refractivity contribution in [1.82, 2.24) is 19.8 Å². The molecule has 2 aromatic rings. The number of nitrogens with zero attached hydrogens (tertiary/aromatic N) is 4. The molecule has 0 spiro atoms. The third kappa shape index (κ3) is 4.15. The van der Waals surface area contributed by atoms with Gasteiger partial charge in [0.05, 0.1) is 29.2 Å². The highest BCUT2D eigenvalue weighted by Crippen LogP contribution is 2.38. The number of amides is 1. The first-order valence-corrected chi connectivity index (χ1v) is 10.7. The van der Waals surface area contributed by atoms with Crippen LogP contribution in [0.1, 0.15) is 46.8 Å². The molecule has 0 radical (unpaired) electrons. The van der Waals surface area contributed by atoms with E-state index in [1.54, 1.807) is 12.4 Å². The maximum atomic E-state index is 14.4. The van der Waals surface area contributed by atoms with Gasteiger partial charge in [0.2, 0.25) is 5.88 Å². The summed E-state index contributed by atoms with van der Waals surface area (Å²) in [6, 6.07) is 2.79. The summed E-state index contributed by atoms with van der Waals surface area (Å²) in [5.41, 5.74) is -0.993. The van der Waals surface area contributed by atoms with Crippen molar-refractivity contribution in [2.24, 2.45) is 0 Å². The standard InChI is InChI=1S/C22H22F4N4O2/c23-20-16(2-1-3-17(20)22(24,25)26)21(31)30-7-6-29-12-15(8-14(29)11-30)32-19-10-27-18(9-28-19)13-4-5-13/h1-3,9-10,13-15H,4-8,11-12H2/t14-,15+/m0/s1. The Kier molecular flexibility index (Phi) is 5.27. The highest BCUT2D eigenvalue weighted by molar-refractivity contribution is 5.94. The average molecular weight is 450 g/mol. The second-order valence-electron chi connectivity index (χ2n) is 8.59. The summed E-state index contributed by atoms with van der Waals surface area (Å²) in [6.45, 7) is 1.83. The van der Waals surface area contributed by atoms with Crippen molar-refractivity contribution in [1.29, 1.82) is 0 Å². The maximum Gasteiger partial charge on any atom is 0.419 e. The molecule has 2 atom stereocenters. The van der Waals surface area contributed by atoms with E-state index in [2.05, 4.69) is 14.9 Å². The maximum absolute atomic E-state index is 14.4. The second kappa shape index (κ2) is 7.99. The van der Waals surface area contributed by atoms with Gasteiger partial charge >= 0.3 is 6.18 Å². The van der Waals surface area contributed by atoms with Gasteiger partial charge in [-0.2, -0.15) is 13.2 Å². The summed E-state index contributed by atoms with van der Waals surface area (Å²) in [5.74, 6) is -1.27. The number of ether oxygens (including phenoxy) is 1. The van der Waals surface area contributed by atoms with Crippen molar-refractivity contribution in [3.8, 4) is 5.88 Å². The molecule has 1 aromatic heterocycles. The van der Waals surface area contributed by atoms with Crippen LogP contribution in [-0.2, 0) is 6.18 Å². The average Bonchev–Trinajstić information content (AvgIpc) is 3.53. The van der Waals surface area contributed by atoms with Crippen LogP contribution in [0.5, 0.6) is 5.88 Å². The van der Waals surface area contributed by atoms with Gasteiger partial charge in [-0.1, -0.05) is 6.07 Å². The number of fused-ring (bicyclic) bond motifs is 1. The summed E-state index contributed by atoms with van der Waals surface area (Å²) in [5, 5.41) is 0. The molecular formula is C22H22F4N4O2. The van der Waals surface area contributed by atoms with Gasteiger partial charge in [0.25, 0.3) is 5.91 Å². The topological polar surface area (TPSA) is 58.6 Å². The zero-order chi connectivity index (χ0) is 22.5. The summed E-state index contributed by atoms with van der Waals surface area (Å²) in [7, 11) is 0. The van der Waals surface area contributed by atoms with Crippen LogP contribution >= 0.6 is 0 Å². The fourth-order valence-electron chi connectivity index (χ4n) is 4.50. The van der Waals surface area contributed by atoms with Crippen LogP contribution in [0.3, 0.4) is 0 Å². The molecule has 1 aromatic carbocycles. The Morgan fingerprint density at radius 3 is 2.59 bits per heavy atom. The zero-order valence-corrected chi connectivity index (χ0v) is 17.2. The number of halogens is 4. The number of carbonyl (C=O) groups excluding carboxylic acids is 1. The van der Waals surface area contributed by atoms with Crippen molar-refractivity contribution in [2.45, 2.75) is 43.5 Å². The Bertz CT molecular complexity index is 1010. The van der Waals surface area contributed by atoms with E-state index in [-0.39, 0.29) is 12.1 Å². The molecule has 32 heavy (non-hydrogen) atoms. The molecule has 0 unspecified atom stereocenters. The minimum atomic E-state index is -4.85. The van der Waals surface area contributed by atoms with E-state index in [1.807, 2.05) is 0 Å². The normalized spacial score (nSPS) is 23.8. The molecule has 3 fully saturated rings. The quantitative estimate of drug-likeness (QED) is 0.668. The van der Waals surface area contributed by atoms with E-state index < -0.39 is 29.0 Å². The first-order valence-electron chi connectivity index (χ1n) is 10.7. The molecule has 2 saturated heterocycles. The van der Waals surface area contributed by atoms with Gasteiger partial charge in [-0.25, -0.2) is 9.37 Å². The van der Waals surface area contributed by atoms with E-state index in [1.165, 1.54) is 4.90 Å². The van der Waals surface area contributed by atoms with Gasteiger partial charge in [-0.3, -0.25) is 14.7 Å². The van der Waals surface area contributed by atoms with Crippen molar-refractivity contribution in [2.75, 3.05) is 26.2 Å². The number of benzene rings is 1. The van der Waals surface area contributed by atoms with Gasteiger partial charge < -0.3 is 9.64 Å². The number of hydrogen-bond acceptors (Lipinski definition) is 5. The number of hydrogen-bond donors (Lipinski definition) is 0. The lowest BCUT2D eigenvalue weighted by Crippen LogP contribution is -2.52. The van der Waals surface area contributed by atoms with Crippen LogP contribution in [0.25, 0.3) is 0 Å². The molecule has 0 N–H and O–H groups in total. The molecule has 0 bridgehead atoms. The molecule has 1 aliphatic carbocycles. The number of carbonyl (C=O) groups is 1. The van der Waals surface area contributed by atoms with Crippen LogP contribution in [-0.4, -0.2) is 64.0 Å². The molecule has 170 valence electrons.